The minimum atomic E-state index is 0.485. The van der Waals surface area contributed by atoms with Gasteiger partial charge in [0.05, 0.1) is 0 Å². The summed E-state index contributed by atoms with van der Waals surface area (Å²) in [6.07, 6.45) is 1.05. The zero-order valence-electron chi connectivity index (χ0n) is 7.49. The van der Waals surface area contributed by atoms with E-state index in [-0.39, 0.29) is 0 Å². The monoisotopic (exact) mass is 188 g/mol. The second kappa shape index (κ2) is 3.43. The summed E-state index contributed by atoms with van der Waals surface area (Å²) in [5, 5.41) is 0. The zero-order valence-corrected chi connectivity index (χ0v) is 8.31. The molecule has 0 aromatic heterocycles. The summed E-state index contributed by atoms with van der Waals surface area (Å²) in [6, 6.07) is 10.5. The van der Waals surface area contributed by atoms with Crippen molar-refractivity contribution in [2.24, 2.45) is 0 Å². The van der Waals surface area contributed by atoms with Crippen LogP contribution in [0, 0.1) is 0 Å². The summed E-state index contributed by atoms with van der Waals surface area (Å²) in [5.74, 6) is 0.485. The number of hydrogen-bond acceptors (Lipinski definition) is 1. The molecule has 1 heteroatoms. The third-order valence-corrected chi connectivity index (χ3v) is 3.30. The Balaban J connectivity index is 2.28. The molecule has 1 aliphatic rings. The minimum Gasteiger partial charge on any atom is -0.0996 e. The zero-order chi connectivity index (χ0) is 9.26. The second-order valence-electron chi connectivity index (χ2n) is 3.27. The molecule has 1 unspecified atom stereocenters. The molecule has 66 valence electrons. The Morgan fingerprint density at radius 3 is 2.38 bits per heavy atom. The molecule has 1 atom stereocenters. The van der Waals surface area contributed by atoms with Crippen LogP contribution in [0.15, 0.2) is 53.3 Å². The molecule has 0 bridgehead atoms. The molecular formula is C12H12S. The van der Waals surface area contributed by atoms with Crippen molar-refractivity contribution in [1.29, 1.82) is 0 Å². The molecule has 1 saturated heterocycles. The molecule has 0 radical (unpaired) electrons. The molecule has 2 rings (SSSR count). The summed E-state index contributed by atoms with van der Waals surface area (Å²) >= 11 is 1.73. The number of hydrogen-bond donors (Lipinski definition) is 0. The predicted molar refractivity (Wildman–Crippen MR) is 59.7 cm³/mol. The smallest absolute Gasteiger partial charge is 0.0192 e. The first-order valence-corrected chi connectivity index (χ1v) is 5.18. The Hall–Kier alpha value is -0.950. The van der Waals surface area contributed by atoms with Gasteiger partial charge in [0.15, 0.2) is 0 Å². The summed E-state index contributed by atoms with van der Waals surface area (Å²) in [5.41, 5.74) is 1.36. The lowest BCUT2D eigenvalue weighted by atomic mass is 9.96. The molecule has 13 heavy (non-hydrogen) atoms. The van der Waals surface area contributed by atoms with Crippen LogP contribution in [-0.4, -0.2) is 0 Å². The van der Waals surface area contributed by atoms with Gasteiger partial charge in [0.25, 0.3) is 0 Å². The van der Waals surface area contributed by atoms with Crippen molar-refractivity contribution in [3.05, 3.63) is 58.9 Å². The van der Waals surface area contributed by atoms with Crippen LogP contribution >= 0.6 is 11.8 Å². The number of allylic oxidation sites excluding steroid dienone is 2. The topological polar surface area (TPSA) is 0 Å². The molecule has 1 heterocycles. The average molecular weight is 188 g/mol. The SMILES string of the molecule is C=C1CC(c2ccccc2)C(=C)S1. The van der Waals surface area contributed by atoms with Crippen LogP contribution in [0.1, 0.15) is 17.9 Å². The van der Waals surface area contributed by atoms with Crippen LogP contribution in [0.5, 0.6) is 0 Å². The van der Waals surface area contributed by atoms with E-state index in [1.807, 2.05) is 6.07 Å². The summed E-state index contributed by atoms with van der Waals surface area (Å²) < 4.78 is 0. The van der Waals surface area contributed by atoms with Crippen molar-refractivity contribution in [2.45, 2.75) is 12.3 Å². The van der Waals surface area contributed by atoms with Gasteiger partial charge in [-0.1, -0.05) is 55.3 Å². The Kier molecular flexibility index (Phi) is 2.28. The Bertz CT molecular complexity index is 337. The Morgan fingerprint density at radius 1 is 1.15 bits per heavy atom. The van der Waals surface area contributed by atoms with Gasteiger partial charge in [0, 0.05) is 5.92 Å². The van der Waals surface area contributed by atoms with Gasteiger partial charge in [-0.05, 0) is 21.8 Å². The van der Waals surface area contributed by atoms with Crippen LogP contribution in [0.4, 0.5) is 0 Å². The molecule has 1 fully saturated rings. The van der Waals surface area contributed by atoms with E-state index in [1.165, 1.54) is 15.4 Å². The van der Waals surface area contributed by atoms with Gasteiger partial charge in [0.1, 0.15) is 0 Å². The van der Waals surface area contributed by atoms with Crippen molar-refractivity contribution in [1.82, 2.24) is 0 Å². The number of rotatable bonds is 1. The van der Waals surface area contributed by atoms with E-state index >= 15 is 0 Å². The second-order valence-corrected chi connectivity index (χ2v) is 4.58. The Labute approximate surface area is 83.4 Å². The molecule has 0 saturated carbocycles. The first-order valence-electron chi connectivity index (χ1n) is 4.37. The maximum Gasteiger partial charge on any atom is 0.0192 e. The molecule has 0 spiro atoms. The highest BCUT2D eigenvalue weighted by Crippen LogP contribution is 2.48. The quantitative estimate of drug-likeness (QED) is 0.643. The Morgan fingerprint density at radius 2 is 1.85 bits per heavy atom. The van der Waals surface area contributed by atoms with Gasteiger partial charge < -0.3 is 0 Å². The van der Waals surface area contributed by atoms with E-state index in [9.17, 15) is 0 Å². The molecule has 1 aromatic carbocycles. The van der Waals surface area contributed by atoms with Gasteiger partial charge in [-0.25, -0.2) is 0 Å². The third kappa shape index (κ3) is 1.70. The van der Waals surface area contributed by atoms with E-state index < -0.39 is 0 Å². The van der Waals surface area contributed by atoms with Crippen LogP contribution in [0.3, 0.4) is 0 Å². The van der Waals surface area contributed by atoms with Crippen LogP contribution < -0.4 is 0 Å². The van der Waals surface area contributed by atoms with Crippen molar-refractivity contribution in [3.8, 4) is 0 Å². The maximum absolute atomic E-state index is 4.06. The summed E-state index contributed by atoms with van der Waals surface area (Å²) in [7, 11) is 0. The molecule has 0 nitrogen and oxygen atoms in total. The number of thioether (sulfide) groups is 1. The fourth-order valence-corrected chi connectivity index (χ4v) is 2.61. The molecule has 0 aliphatic carbocycles. The standard InChI is InChI=1S/C12H12S/c1-9-8-12(10(2)13-9)11-6-4-3-5-7-11/h3-7,12H,1-2,8H2. The van der Waals surface area contributed by atoms with E-state index in [0.29, 0.717) is 5.92 Å². The van der Waals surface area contributed by atoms with Gasteiger partial charge >= 0.3 is 0 Å². The lowest BCUT2D eigenvalue weighted by Crippen LogP contribution is -1.92. The third-order valence-electron chi connectivity index (χ3n) is 2.30. The van der Waals surface area contributed by atoms with Gasteiger partial charge in [-0.3, -0.25) is 0 Å². The highest BCUT2D eigenvalue weighted by Gasteiger charge is 2.23. The number of benzene rings is 1. The van der Waals surface area contributed by atoms with Crippen molar-refractivity contribution in [3.63, 3.8) is 0 Å². The van der Waals surface area contributed by atoms with Crippen LogP contribution in [0.25, 0.3) is 0 Å². The predicted octanol–water partition coefficient (Wildman–Crippen LogP) is 3.93. The van der Waals surface area contributed by atoms with E-state index in [1.54, 1.807) is 11.8 Å². The summed E-state index contributed by atoms with van der Waals surface area (Å²) in [6.45, 7) is 8.05. The molecule has 0 amide bonds. The van der Waals surface area contributed by atoms with E-state index in [2.05, 4.69) is 37.4 Å². The normalized spacial score (nSPS) is 22.3. The molecular weight excluding hydrogens is 176 g/mol. The fraction of sp³-hybridized carbons (Fsp3) is 0.167. The molecule has 0 N–H and O–H groups in total. The molecule has 1 aliphatic heterocycles. The van der Waals surface area contributed by atoms with Gasteiger partial charge in [0.2, 0.25) is 0 Å². The summed E-state index contributed by atoms with van der Waals surface area (Å²) in [4.78, 5) is 2.47. The fourth-order valence-electron chi connectivity index (χ4n) is 1.63. The molecule has 1 aromatic rings. The van der Waals surface area contributed by atoms with Crippen molar-refractivity contribution >= 4 is 11.8 Å². The highest BCUT2D eigenvalue weighted by atomic mass is 32.2. The average Bonchev–Trinajstić information content (AvgIpc) is 2.47. The largest absolute Gasteiger partial charge is 0.0996 e. The van der Waals surface area contributed by atoms with Crippen molar-refractivity contribution < 1.29 is 0 Å². The first kappa shape index (κ1) is 8.64. The highest BCUT2D eigenvalue weighted by molar-refractivity contribution is 8.07. The van der Waals surface area contributed by atoms with Crippen LogP contribution in [-0.2, 0) is 0 Å². The maximum atomic E-state index is 4.06. The van der Waals surface area contributed by atoms with Gasteiger partial charge in [-0.15, -0.1) is 0 Å². The lowest BCUT2D eigenvalue weighted by molar-refractivity contribution is 0.867. The minimum absolute atomic E-state index is 0.485. The van der Waals surface area contributed by atoms with Gasteiger partial charge in [-0.2, -0.15) is 0 Å². The van der Waals surface area contributed by atoms with Crippen LogP contribution in [0.2, 0.25) is 0 Å². The van der Waals surface area contributed by atoms with E-state index in [4.69, 9.17) is 0 Å². The van der Waals surface area contributed by atoms with E-state index in [0.717, 1.165) is 6.42 Å². The lowest BCUT2D eigenvalue weighted by Gasteiger charge is -2.08. The van der Waals surface area contributed by atoms with Crippen molar-refractivity contribution in [2.75, 3.05) is 0 Å². The first-order chi connectivity index (χ1) is 6.27.